The van der Waals surface area contributed by atoms with Gasteiger partial charge in [0.2, 0.25) is 10.0 Å². The average molecular weight is 557 g/mol. The van der Waals surface area contributed by atoms with Crippen molar-refractivity contribution in [3.05, 3.63) is 64.7 Å². The van der Waals surface area contributed by atoms with Crippen LogP contribution in [0.2, 0.25) is 5.02 Å². The van der Waals surface area contributed by atoms with Crippen LogP contribution in [0.25, 0.3) is 0 Å². The first kappa shape index (κ1) is 27.6. The molecule has 0 spiro atoms. The third-order valence-electron chi connectivity index (χ3n) is 6.98. The first-order chi connectivity index (χ1) is 17.5. The standard InChI is InChI=1S/C25H31ClF2N4O4S/c1-29(15-18-3-9-21(10-4-18)36-24(27)28)23-17-31(16-22(23)19-5-7-20(26)8-6-19)25(33)30-11-13-32(14-12-30)37(2,34)35/h3-10,22-24H,11-17H2,1-2H3/t22-,23+/m1/s1. The van der Waals surface area contributed by atoms with Gasteiger partial charge in [-0.1, -0.05) is 35.9 Å². The Morgan fingerprint density at radius 1 is 1.03 bits per heavy atom. The van der Waals surface area contributed by atoms with Crippen molar-refractivity contribution in [3.8, 4) is 5.75 Å². The predicted octanol–water partition coefficient (Wildman–Crippen LogP) is 3.54. The van der Waals surface area contributed by atoms with E-state index in [2.05, 4.69) is 9.64 Å². The molecule has 2 saturated heterocycles. The van der Waals surface area contributed by atoms with Gasteiger partial charge in [0, 0.05) is 62.8 Å². The van der Waals surface area contributed by atoms with Gasteiger partial charge in [0.25, 0.3) is 0 Å². The number of hydrogen-bond donors (Lipinski definition) is 0. The number of carbonyl (C=O) groups is 1. The Bertz CT molecular complexity index is 1180. The van der Waals surface area contributed by atoms with Crippen LogP contribution in [-0.2, 0) is 16.6 Å². The molecule has 37 heavy (non-hydrogen) atoms. The zero-order valence-corrected chi connectivity index (χ0v) is 22.3. The number of sulfonamides is 1. The van der Waals surface area contributed by atoms with E-state index in [1.54, 1.807) is 17.0 Å². The molecule has 12 heteroatoms. The van der Waals surface area contributed by atoms with Crippen LogP contribution in [0.5, 0.6) is 5.75 Å². The maximum atomic E-state index is 13.4. The van der Waals surface area contributed by atoms with E-state index in [0.717, 1.165) is 11.1 Å². The molecule has 2 fully saturated rings. The number of amides is 2. The van der Waals surface area contributed by atoms with E-state index >= 15 is 0 Å². The Balaban J connectivity index is 1.47. The first-order valence-electron chi connectivity index (χ1n) is 12.0. The molecule has 2 aliphatic rings. The summed E-state index contributed by atoms with van der Waals surface area (Å²) in [5.41, 5.74) is 2.00. The summed E-state index contributed by atoms with van der Waals surface area (Å²) in [6.07, 6.45) is 1.18. The molecule has 0 unspecified atom stereocenters. The second-order valence-corrected chi connectivity index (χ2v) is 11.9. The van der Waals surface area contributed by atoms with Crippen molar-refractivity contribution in [1.82, 2.24) is 19.0 Å². The number of halogens is 3. The fourth-order valence-corrected chi connectivity index (χ4v) is 5.97. The molecule has 4 rings (SSSR count). The molecule has 8 nitrogen and oxygen atoms in total. The minimum absolute atomic E-state index is 0.000533. The molecule has 0 saturated carbocycles. The third-order valence-corrected chi connectivity index (χ3v) is 8.54. The average Bonchev–Trinajstić information content (AvgIpc) is 3.30. The van der Waals surface area contributed by atoms with Gasteiger partial charge >= 0.3 is 12.6 Å². The smallest absolute Gasteiger partial charge is 0.387 e. The molecular weight excluding hydrogens is 526 g/mol. The van der Waals surface area contributed by atoms with Gasteiger partial charge in [-0.05, 0) is 42.4 Å². The normalized spacial score (nSPS) is 21.2. The van der Waals surface area contributed by atoms with Gasteiger partial charge in [-0.25, -0.2) is 13.2 Å². The van der Waals surface area contributed by atoms with Crippen LogP contribution < -0.4 is 4.74 Å². The van der Waals surface area contributed by atoms with Crippen LogP contribution in [0.4, 0.5) is 13.6 Å². The van der Waals surface area contributed by atoms with E-state index in [1.165, 1.54) is 22.7 Å². The number of benzene rings is 2. The van der Waals surface area contributed by atoms with Crippen LogP contribution in [0.3, 0.4) is 0 Å². The maximum Gasteiger partial charge on any atom is 0.387 e. The number of carbonyl (C=O) groups excluding carboxylic acids is 1. The Labute approximate surface area is 221 Å². The Kier molecular flexibility index (Phi) is 8.57. The lowest BCUT2D eigenvalue weighted by Gasteiger charge is -2.35. The summed E-state index contributed by atoms with van der Waals surface area (Å²) in [6, 6.07) is 14.1. The summed E-state index contributed by atoms with van der Waals surface area (Å²) in [4.78, 5) is 19.1. The van der Waals surface area contributed by atoms with Crippen molar-refractivity contribution in [2.45, 2.75) is 25.1 Å². The number of likely N-dealkylation sites (tertiary alicyclic amines) is 1. The van der Waals surface area contributed by atoms with E-state index in [1.807, 2.05) is 36.2 Å². The topological polar surface area (TPSA) is 73.4 Å². The number of piperazine rings is 1. The minimum Gasteiger partial charge on any atom is -0.435 e. The quantitative estimate of drug-likeness (QED) is 0.522. The zero-order valence-electron chi connectivity index (χ0n) is 20.8. The number of nitrogens with zero attached hydrogens (tertiary/aromatic N) is 4. The molecule has 2 aliphatic heterocycles. The van der Waals surface area contributed by atoms with Crippen LogP contribution in [0.15, 0.2) is 48.5 Å². The van der Waals surface area contributed by atoms with E-state index < -0.39 is 16.6 Å². The molecule has 2 heterocycles. The highest BCUT2D eigenvalue weighted by Gasteiger charge is 2.40. The van der Waals surface area contributed by atoms with Gasteiger partial charge in [-0.3, -0.25) is 4.90 Å². The Hall–Kier alpha value is -2.47. The van der Waals surface area contributed by atoms with Gasteiger partial charge in [0.1, 0.15) is 5.75 Å². The second-order valence-electron chi connectivity index (χ2n) is 9.50. The number of rotatable bonds is 7. The summed E-state index contributed by atoms with van der Waals surface area (Å²) in [5.74, 6) is 0.138. The van der Waals surface area contributed by atoms with Crippen LogP contribution in [-0.4, -0.2) is 98.7 Å². The first-order valence-corrected chi connectivity index (χ1v) is 14.2. The predicted molar refractivity (Wildman–Crippen MR) is 137 cm³/mol. The van der Waals surface area contributed by atoms with Crippen LogP contribution in [0.1, 0.15) is 17.0 Å². The highest BCUT2D eigenvalue weighted by Crippen LogP contribution is 2.33. The monoisotopic (exact) mass is 556 g/mol. The molecule has 2 aromatic rings. The molecule has 0 radical (unpaired) electrons. The van der Waals surface area contributed by atoms with Crippen molar-refractivity contribution in [1.29, 1.82) is 0 Å². The molecule has 0 aliphatic carbocycles. The van der Waals surface area contributed by atoms with Crippen LogP contribution in [0, 0.1) is 0 Å². The molecule has 0 bridgehead atoms. The molecule has 2 aromatic carbocycles. The zero-order chi connectivity index (χ0) is 26.7. The highest BCUT2D eigenvalue weighted by molar-refractivity contribution is 7.88. The largest absolute Gasteiger partial charge is 0.435 e. The lowest BCUT2D eigenvalue weighted by molar-refractivity contribution is -0.0498. The summed E-state index contributed by atoms with van der Waals surface area (Å²) < 4.78 is 54.4. The van der Waals surface area contributed by atoms with Crippen molar-refractivity contribution in [2.24, 2.45) is 0 Å². The number of ether oxygens (including phenoxy) is 1. The van der Waals surface area contributed by atoms with Gasteiger partial charge < -0.3 is 14.5 Å². The van der Waals surface area contributed by atoms with Crippen molar-refractivity contribution < 1.29 is 26.7 Å². The molecule has 2 atom stereocenters. The van der Waals surface area contributed by atoms with Gasteiger partial charge in [-0.15, -0.1) is 0 Å². The summed E-state index contributed by atoms with van der Waals surface area (Å²) in [5, 5.41) is 0.634. The number of alkyl halides is 2. The summed E-state index contributed by atoms with van der Waals surface area (Å²) in [7, 11) is -1.30. The molecule has 2 amide bonds. The maximum absolute atomic E-state index is 13.4. The third kappa shape index (κ3) is 6.90. The highest BCUT2D eigenvalue weighted by atomic mass is 35.5. The number of urea groups is 1. The van der Waals surface area contributed by atoms with Gasteiger partial charge in [-0.2, -0.15) is 13.1 Å². The second kappa shape index (κ2) is 11.5. The van der Waals surface area contributed by atoms with Crippen molar-refractivity contribution in [2.75, 3.05) is 52.6 Å². The lowest BCUT2D eigenvalue weighted by atomic mass is 9.93. The number of hydrogen-bond acceptors (Lipinski definition) is 5. The van der Waals surface area contributed by atoms with E-state index in [0.29, 0.717) is 37.7 Å². The Morgan fingerprint density at radius 2 is 1.65 bits per heavy atom. The minimum atomic E-state index is -3.28. The molecule has 0 aromatic heterocycles. The van der Waals surface area contributed by atoms with Crippen LogP contribution >= 0.6 is 11.6 Å². The molecular formula is C25H31ClF2N4O4S. The fourth-order valence-electron chi connectivity index (χ4n) is 5.02. The number of likely N-dealkylation sites (N-methyl/N-ethyl adjacent to an activating group) is 1. The Morgan fingerprint density at radius 3 is 2.22 bits per heavy atom. The van der Waals surface area contributed by atoms with E-state index in [-0.39, 0.29) is 36.8 Å². The van der Waals surface area contributed by atoms with E-state index in [9.17, 15) is 22.0 Å². The SMILES string of the molecule is CN(Cc1ccc(OC(F)F)cc1)[C@H]1CN(C(=O)N2CCN(S(C)(=O)=O)CC2)C[C@@H]1c1ccc(Cl)cc1. The lowest BCUT2D eigenvalue weighted by Crippen LogP contribution is -2.53. The van der Waals surface area contributed by atoms with Gasteiger partial charge in [0.05, 0.1) is 6.26 Å². The van der Waals surface area contributed by atoms with Crippen molar-refractivity contribution in [3.63, 3.8) is 0 Å². The summed E-state index contributed by atoms with van der Waals surface area (Å²) in [6.45, 7) is -0.0295. The molecule has 202 valence electrons. The molecule has 0 N–H and O–H groups in total. The van der Waals surface area contributed by atoms with E-state index in [4.69, 9.17) is 11.6 Å². The summed E-state index contributed by atoms with van der Waals surface area (Å²) >= 11 is 6.11. The van der Waals surface area contributed by atoms with Gasteiger partial charge in [0.15, 0.2) is 0 Å². The fraction of sp³-hybridized carbons (Fsp3) is 0.480. The van der Waals surface area contributed by atoms with Crippen molar-refractivity contribution >= 4 is 27.7 Å².